The normalized spacial score (nSPS) is 7.22. The second-order valence-corrected chi connectivity index (χ2v) is 1.14. The van der Waals surface area contributed by atoms with Crippen LogP contribution in [0.2, 0.25) is 0 Å². The molecule has 1 N–H and O–H groups in total. The second-order valence-electron chi connectivity index (χ2n) is 0.874. The summed E-state index contributed by atoms with van der Waals surface area (Å²) in [5, 5.41) is 7.71. The smallest absolute Gasteiger partial charge is 1.00 e. The van der Waals surface area contributed by atoms with E-state index in [0.29, 0.717) is 0 Å². The van der Waals surface area contributed by atoms with Crippen LogP contribution in [-0.2, 0) is 9.53 Å². The third-order valence-electron chi connectivity index (χ3n) is 0.310. The van der Waals surface area contributed by atoms with Gasteiger partial charge < -0.3 is 11.3 Å². The number of carbonyl (C=O) groups excluding carboxylic acids is 1. The fourth-order valence-corrected chi connectivity index (χ4v) is 0.179. The van der Waals surface area contributed by atoms with Crippen LogP contribution in [0.1, 0.15) is 1.43 Å². The average molecular weight is 163 g/mol. The van der Waals surface area contributed by atoms with Crippen molar-refractivity contribution in [3.05, 3.63) is 0 Å². The number of carboxylic acid groups (broad SMARTS) is 1. The van der Waals surface area contributed by atoms with Crippen molar-refractivity contribution < 1.29 is 50.4 Å². The molecule has 0 amide bonds. The summed E-state index contributed by atoms with van der Waals surface area (Å²) in [5.74, 6) is -1.40. The first-order valence-corrected chi connectivity index (χ1v) is 2.20. The van der Waals surface area contributed by atoms with Gasteiger partial charge in [-0.15, -0.1) is 11.6 Å². The van der Waals surface area contributed by atoms with Gasteiger partial charge in [-0.05, 0) is 0 Å². The molecule has 0 heterocycles. The minimum Gasteiger partial charge on any atom is -1.00 e. The van der Waals surface area contributed by atoms with E-state index < -0.39 is 18.0 Å². The van der Waals surface area contributed by atoms with Crippen molar-refractivity contribution in [3.63, 3.8) is 0 Å². The van der Waals surface area contributed by atoms with Gasteiger partial charge in [0.2, 0.25) is 0 Å². The zero-order valence-corrected chi connectivity index (χ0v) is 7.51. The second kappa shape index (κ2) is 6.35. The molecule has 0 aliphatic rings. The van der Waals surface area contributed by atoms with E-state index >= 15 is 0 Å². The van der Waals surface area contributed by atoms with Crippen LogP contribution in [0.3, 0.4) is 0 Å². The van der Waals surface area contributed by atoms with Crippen molar-refractivity contribution >= 4 is 23.7 Å². The van der Waals surface area contributed by atoms with Crippen LogP contribution in [0.4, 0.5) is 4.79 Å². The molecule has 0 aromatic carbocycles. The van der Waals surface area contributed by atoms with Gasteiger partial charge in [0.05, 0.1) is 0 Å². The Labute approximate surface area is 79.9 Å². The molecule has 6 heteroatoms. The van der Waals surface area contributed by atoms with Crippen LogP contribution in [0.5, 0.6) is 0 Å². The van der Waals surface area contributed by atoms with E-state index in [1.165, 1.54) is 0 Å². The molecule has 0 aromatic heterocycles. The van der Waals surface area contributed by atoms with Gasteiger partial charge in [0.15, 0.2) is 0 Å². The van der Waals surface area contributed by atoms with Gasteiger partial charge in [0.25, 0.3) is 0 Å². The monoisotopic (exact) mass is 162 g/mol. The van der Waals surface area contributed by atoms with Crippen LogP contribution < -0.4 is 29.6 Å². The number of hydrogen-bond acceptors (Lipinski definition) is 3. The average Bonchev–Trinajstić information content (AvgIpc) is 1.65. The van der Waals surface area contributed by atoms with E-state index in [-0.39, 0.29) is 31.0 Å². The molecule has 4 nitrogen and oxygen atoms in total. The largest absolute Gasteiger partial charge is 1.00 e. The molecule has 0 bridgehead atoms. The molecule has 0 spiro atoms. The van der Waals surface area contributed by atoms with Gasteiger partial charge in [-0.1, -0.05) is 0 Å². The molecule has 0 aliphatic carbocycles. The van der Waals surface area contributed by atoms with E-state index in [0.717, 1.165) is 0 Å². The van der Waals surface area contributed by atoms with Crippen molar-refractivity contribution in [2.24, 2.45) is 0 Å². The number of ether oxygens (including phenoxy) is 1. The summed E-state index contributed by atoms with van der Waals surface area (Å²) < 4.78 is 3.55. The Balaban J connectivity index is -0.000000245. The van der Waals surface area contributed by atoms with E-state index in [2.05, 4.69) is 4.74 Å². The molecule has 0 saturated heterocycles. The zero-order chi connectivity index (χ0) is 6.57. The Morgan fingerprint density at radius 1 is 1.67 bits per heavy atom. The third-order valence-corrected chi connectivity index (χ3v) is 0.528. The van der Waals surface area contributed by atoms with Crippen molar-refractivity contribution in [2.75, 3.05) is 5.88 Å². The minimum atomic E-state index is -1.63. The van der Waals surface area contributed by atoms with Crippen molar-refractivity contribution in [1.82, 2.24) is 0 Å². The van der Waals surface area contributed by atoms with E-state index in [1.54, 1.807) is 0 Å². The first-order valence-electron chi connectivity index (χ1n) is 1.66. The Morgan fingerprint density at radius 3 is 2.22 bits per heavy atom. The first kappa shape index (κ1) is 12.0. The summed E-state index contributed by atoms with van der Waals surface area (Å²) in [7, 11) is 0. The summed E-state index contributed by atoms with van der Waals surface area (Å²) in [5.41, 5.74) is 0. The molecule has 0 rings (SSSR count). The Bertz CT molecular complexity index is 119. The molecule has 0 aromatic rings. The van der Waals surface area contributed by atoms with Crippen molar-refractivity contribution in [2.45, 2.75) is 0 Å². The molecule has 0 fully saturated rings. The maximum atomic E-state index is 9.89. The number of rotatable bonds is 1. The van der Waals surface area contributed by atoms with Crippen LogP contribution in [0.15, 0.2) is 0 Å². The number of carbonyl (C=O) groups is 2. The van der Waals surface area contributed by atoms with Gasteiger partial charge >= 0.3 is 41.7 Å². The SMILES string of the molecule is O=C(O)OC(=O)CCl.[H-].[Na+]. The van der Waals surface area contributed by atoms with Crippen LogP contribution in [0, 0.1) is 0 Å². The van der Waals surface area contributed by atoms with Gasteiger partial charge in [-0.25, -0.2) is 4.79 Å². The summed E-state index contributed by atoms with van der Waals surface area (Å²) in [4.78, 5) is 19.4. The summed E-state index contributed by atoms with van der Waals surface area (Å²) in [6.07, 6.45) is -1.63. The summed E-state index contributed by atoms with van der Waals surface area (Å²) >= 11 is 4.86. The molecule has 0 radical (unpaired) electrons. The fraction of sp³-hybridized carbons (Fsp3) is 0.333. The molecule has 48 valence electrons. The van der Waals surface area contributed by atoms with E-state index in [1.807, 2.05) is 0 Å². The Hall–Kier alpha value is 0.230. The zero-order valence-electron chi connectivity index (χ0n) is 5.76. The van der Waals surface area contributed by atoms with E-state index in [9.17, 15) is 9.59 Å². The van der Waals surface area contributed by atoms with Gasteiger partial charge in [0, 0.05) is 0 Å². The molecule has 9 heavy (non-hydrogen) atoms. The first-order chi connectivity index (χ1) is 3.66. The quantitative estimate of drug-likeness (QED) is 0.201. The number of halogens is 1. The topological polar surface area (TPSA) is 63.6 Å². The predicted octanol–water partition coefficient (Wildman–Crippen LogP) is -2.44. The Morgan fingerprint density at radius 2 is 2.11 bits per heavy atom. The standard InChI is InChI=1S/C3H3ClO4.Na.H/c4-1-2(5)8-3(6)7;;/h1H2,(H,6,7);;/q;+1;-1. The van der Waals surface area contributed by atoms with Crippen LogP contribution >= 0.6 is 11.6 Å². The van der Waals surface area contributed by atoms with E-state index in [4.69, 9.17) is 16.7 Å². The number of hydrogen-bond donors (Lipinski definition) is 1. The molecule has 0 atom stereocenters. The molecular formula is C3H4ClNaO4. The molecule has 0 aliphatic heterocycles. The number of esters is 1. The predicted molar refractivity (Wildman–Crippen MR) is 25.9 cm³/mol. The minimum absolute atomic E-state index is 0. The maximum absolute atomic E-state index is 9.89. The molecular weight excluding hydrogens is 158 g/mol. The van der Waals surface area contributed by atoms with Gasteiger partial charge in [-0.2, -0.15) is 0 Å². The van der Waals surface area contributed by atoms with Crippen LogP contribution in [-0.4, -0.2) is 23.1 Å². The van der Waals surface area contributed by atoms with Gasteiger partial charge in [-0.3, -0.25) is 4.79 Å². The Kier molecular flexibility index (Phi) is 8.44. The van der Waals surface area contributed by atoms with Crippen molar-refractivity contribution in [3.8, 4) is 0 Å². The maximum Gasteiger partial charge on any atom is 1.00 e. The third kappa shape index (κ3) is 8.23. The summed E-state index contributed by atoms with van der Waals surface area (Å²) in [6.45, 7) is 0. The van der Waals surface area contributed by atoms with Crippen molar-refractivity contribution in [1.29, 1.82) is 0 Å². The fourth-order valence-electron chi connectivity index (χ4n) is 0.125. The molecule has 0 unspecified atom stereocenters. The van der Waals surface area contributed by atoms with Crippen LogP contribution in [0.25, 0.3) is 0 Å². The van der Waals surface area contributed by atoms with Gasteiger partial charge in [0.1, 0.15) is 5.88 Å². The molecule has 0 saturated carbocycles. The summed E-state index contributed by atoms with van der Waals surface area (Å²) in [6, 6.07) is 0. The number of alkyl halides is 1.